The van der Waals surface area contributed by atoms with Gasteiger partial charge in [-0.3, -0.25) is 4.21 Å². The van der Waals surface area contributed by atoms with Crippen molar-refractivity contribution in [2.45, 2.75) is 19.8 Å². The minimum atomic E-state index is -0.646. The van der Waals surface area contributed by atoms with Crippen molar-refractivity contribution in [1.29, 1.82) is 0 Å². The fourth-order valence-corrected chi connectivity index (χ4v) is 3.28. The molecule has 0 saturated carbocycles. The van der Waals surface area contributed by atoms with Gasteiger partial charge in [-0.1, -0.05) is 6.92 Å². The highest BCUT2D eigenvalue weighted by molar-refractivity contribution is 9.10. The Kier molecular flexibility index (Phi) is 4.50. The van der Waals surface area contributed by atoms with Gasteiger partial charge in [-0.2, -0.15) is 0 Å². The van der Waals surface area contributed by atoms with Crippen LogP contribution in [0.3, 0.4) is 0 Å². The highest BCUT2D eigenvalue weighted by Crippen LogP contribution is 2.18. The Morgan fingerprint density at radius 2 is 2.12 bits per heavy atom. The first-order valence-corrected chi connectivity index (χ1v) is 8.10. The minimum absolute atomic E-state index is 0.646. The lowest BCUT2D eigenvalue weighted by atomic mass is 10.3. The summed E-state index contributed by atoms with van der Waals surface area (Å²) in [6.07, 6.45) is 1.94. The minimum Gasteiger partial charge on any atom is -0.355 e. The third-order valence-electron chi connectivity index (χ3n) is 2.70. The average molecular weight is 318 g/mol. The standard InChI is InChI=1S/C11H16BrN3OS/c1-2-3-10-13-9(12)8-11(14-10)15-4-6-17(16)7-5-15/h8H,2-7H2,1H3. The van der Waals surface area contributed by atoms with E-state index in [0.29, 0.717) is 0 Å². The van der Waals surface area contributed by atoms with Gasteiger partial charge in [0, 0.05) is 47.9 Å². The lowest BCUT2D eigenvalue weighted by Crippen LogP contribution is -2.38. The molecule has 1 aliphatic heterocycles. The predicted octanol–water partition coefficient (Wildman–Crippen LogP) is 1.76. The quantitative estimate of drug-likeness (QED) is 0.797. The lowest BCUT2D eigenvalue weighted by Gasteiger charge is -2.27. The topological polar surface area (TPSA) is 46.1 Å². The van der Waals surface area contributed by atoms with Crippen LogP contribution in [0.25, 0.3) is 0 Å². The van der Waals surface area contributed by atoms with Crippen LogP contribution in [0.5, 0.6) is 0 Å². The van der Waals surface area contributed by atoms with E-state index in [0.717, 1.165) is 53.7 Å². The number of hydrogen-bond donors (Lipinski definition) is 0. The molecular weight excluding hydrogens is 302 g/mol. The average Bonchev–Trinajstić information content (AvgIpc) is 2.29. The van der Waals surface area contributed by atoms with Crippen molar-refractivity contribution in [3.05, 3.63) is 16.5 Å². The van der Waals surface area contributed by atoms with E-state index in [1.807, 2.05) is 6.07 Å². The predicted molar refractivity (Wildman–Crippen MR) is 73.8 cm³/mol. The summed E-state index contributed by atoms with van der Waals surface area (Å²) in [5.41, 5.74) is 0. The summed E-state index contributed by atoms with van der Waals surface area (Å²) >= 11 is 3.42. The summed E-state index contributed by atoms with van der Waals surface area (Å²) < 4.78 is 12.1. The summed E-state index contributed by atoms with van der Waals surface area (Å²) in [5.74, 6) is 3.31. The van der Waals surface area contributed by atoms with Crippen molar-refractivity contribution in [1.82, 2.24) is 9.97 Å². The smallest absolute Gasteiger partial charge is 0.133 e. The third kappa shape index (κ3) is 3.48. The number of aryl methyl sites for hydroxylation is 1. The van der Waals surface area contributed by atoms with E-state index in [9.17, 15) is 4.21 Å². The molecule has 4 nitrogen and oxygen atoms in total. The second kappa shape index (κ2) is 5.91. The summed E-state index contributed by atoms with van der Waals surface area (Å²) in [4.78, 5) is 11.1. The number of anilines is 1. The second-order valence-corrected chi connectivity index (χ2v) is 6.56. The van der Waals surface area contributed by atoms with E-state index in [-0.39, 0.29) is 0 Å². The zero-order valence-corrected chi connectivity index (χ0v) is 12.3. The summed E-state index contributed by atoms with van der Waals surface area (Å²) in [7, 11) is -0.646. The van der Waals surface area contributed by atoms with E-state index in [4.69, 9.17) is 0 Å². The molecule has 1 saturated heterocycles. The molecule has 2 heterocycles. The van der Waals surface area contributed by atoms with Crippen molar-refractivity contribution in [3.63, 3.8) is 0 Å². The van der Waals surface area contributed by atoms with Crippen LogP contribution in [0.2, 0.25) is 0 Å². The molecule has 1 aromatic heterocycles. The Balaban J connectivity index is 2.16. The molecule has 0 atom stereocenters. The Morgan fingerprint density at radius 3 is 2.76 bits per heavy atom. The van der Waals surface area contributed by atoms with E-state index >= 15 is 0 Å². The first-order chi connectivity index (χ1) is 8.19. The van der Waals surface area contributed by atoms with Gasteiger partial charge in [0.25, 0.3) is 0 Å². The second-order valence-electron chi connectivity index (χ2n) is 4.05. The van der Waals surface area contributed by atoms with Crippen molar-refractivity contribution in [2.24, 2.45) is 0 Å². The number of rotatable bonds is 3. The van der Waals surface area contributed by atoms with Crippen LogP contribution in [0, 0.1) is 0 Å². The van der Waals surface area contributed by atoms with Gasteiger partial charge < -0.3 is 4.90 Å². The summed E-state index contributed by atoms with van der Waals surface area (Å²) in [5, 5.41) is 0. The largest absolute Gasteiger partial charge is 0.355 e. The maximum absolute atomic E-state index is 11.3. The highest BCUT2D eigenvalue weighted by atomic mass is 79.9. The van der Waals surface area contributed by atoms with Gasteiger partial charge in [-0.05, 0) is 22.4 Å². The molecule has 2 rings (SSSR count). The van der Waals surface area contributed by atoms with E-state index in [1.165, 1.54) is 0 Å². The Labute approximate surface area is 112 Å². The van der Waals surface area contributed by atoms with Gasteiger partial charge in [0.15, 0.2) is 0 Å². The van der Waals surface area contributed by atoms with Crippen LogP contribution >= 0.6 is 15.9 Å². The zero-order valence-electron chi connectivity index (χ0n) is 9.86. The number of nitrogens with zero attached hydrogens (tertiary/aromatic N) is 3. The van der Waals surface area contributed by atoms with Crippen LogP contribution < -0.4 is 4.90 Å². The van der Waals surface area contributed by atoms with E-state index < -0.39 is 10.8 Å². The normalized spacial score (nSPS) is 17.4. The molecule has 0 amide bonds. The SMILES string of the molecule is CCCc1nc(Br)cc(N2CCS(=O)CC2)n1. The molecule has 0 N–H and O–H groups in total. The van der Waals surface area contributed by atoms with Crippen molar-refractivity contribution < 1.29 is 4.21 Å². The van der Waals surface area contributed by atoms with Gasteiger partial charge in [0.2, 0.25) is 0 Å². The first kappa shape index (κ1) is 13.0. The highest BCUT2D eigenvalue weighted by Gasteiger charge is 2.17. The molecule has 6 heteroatoms. The lowest BCUT2D eigenvalue weighted by molar-refractivity contribution is 0.671. The molecular formula is C11H16BrN3OS. The van der Waals surface area contributed by atoms with Gasteiger partial charge in [0.1, 0.15) is 16.2 Å². The maximum atomic E-state index is 11.3. The molecule has 1 aromatic rings. The Morgan fingerprint density at radius 1 is 1.41 bits per heavy atom. The first-order valence-electron chi connectivity index (χ1n) is 5.82. The molecule has 0 bridgehead atoms. The van der Waals surface area contributed by atoms with Crippen LogP contribution in [0.4, 0.5) is 5.82 Å². The van der Waals surface area contributed by atoms with Crippen LogP contribution in [0.1, 0.15) is 19.2 Å². The summed E-state index contributed by atoms with van der Waals surface area (Å²) in [6, 6.07) is 1.94. The number of halogens is 1. The molecule has 0 radical (unpaired) electrons. The molecule has 94 valence electrons. The fraction of sp³-hybridized carbons (Fsp3) is 0.636. The molecule has 0 aliphatic carbocycles. The number of hydrogen-bond acceptors (Lipinski definition) is 4. The van der Waals surface area contributed by atoms with Gasteiger partial charge in [-0.15, -0.1) is 0 Å². The zero-order chi connectivity index (χ0) is 12.3. The van der Waals surface area contributed by atoms with Crippen LogP contribution in [0.15, 0.2) is 10.7 Å². The Hall–Kier alpha value is -0.490. The molecule has 17 heavy (non-hydrogen) atoms. The summed E-state index contributed by atoms with van der Waals surface area (Å²) in [6.45, 7) is 3.76. The van der Waals surface area contributed by atoms with Crippen LogP contribution in [-0.2, 0) is 17.2 Å². The van der Waals surface area contributed by atoms with Gasteiger partial charge in [-0.25, -0.2) is 9.97 Å². The van der Waals surface area contributed by atoms with Crippen molar-refractivity contribution >= 4 is 32.5 Å². The van der Waals surface area contributed by atoms with Crippen molar-refractivity contribution in [2.75, 3.05) is 29.5 Å². The maximum Gasteiger partial charge on any atom is 0.133 e. The molecule has 0 aromatic carbocycles. The van der Waals surface area contributed by atoms with Gasteiger partial charge >= 0.3 is 0 Å². The van der Waals surface area contributed by atoms with Crippen molar-refractivity contribution in [3.8, 4) is 0 Å². The Bertz CT molecular complexity index is 417. The fourth-order valence-electron chi connectivity index (χ4n) is 1.82. The molecule has 0 unspecified atom stereocenters. The monoisotopic (exact) mass is 317 g/mol. The molecule has 0 spiro atoms. The molecule has 1 aliphatic rings. The van der Waals surface area contributed by atoms with Crippen LogP contribution in [-0.4, -0.2) is 38.8 Å². The van der Waals surface area contributed by atoms with E-state index in [1.54, 1.807) is 0 Å². The van der Waals surface area contributed by atoms with E-state index in [2.05, 4.69) is 37.7 Å². The molecule has 1 fully saturated rings. The third-order valence-corrected chi connectivity index (χ3v) is 4.39. The van der Waals surface area contributed by atoms with Gasteiger partial charge in [0.05, 0.1) is 0 Å². The number of aromatic nitrogens is 2.